The van der Waals surface area contributed by atoms with Crippen molar-refractivity contribution in [2.24, 2.45) is 0 Å². The summed E-state index contributed by atoms with van der Waals surface area (Å²) in [6, 6.07) is 3.58. The van der Waals surface area contributed by atoms with E-state index in [0.29, 0.717) is 10.9 Å². The van der Waals surface area contributed by atoms with E-state index >= 15 is 0 Å². The molecule has 1 atom stereocenters. The van der Waals surface area contributed by atoms with Gasteiger partial charge < -0.3 is 10.0 Å². The highest BCUT2D eigenvalue weighted by Gasteiger charge is 2.36. The Balaban J connectivity index is 2.60. The summed E-state index contributed by atoms with van der Waals surface area (Å²) in [5.41, 5.74) is 2.45. The van der Waals surface area contributed by atoms with Crippen molar-refractivity contribution in [3.05, 3.63) is 28.3 Å². The Morgan fingerprint density at radius 2 is 2.15 bits per heavy atom. The standard InChI is InChI=1S/C16H22ClNO2/c1-5-6-18-14-8-13(17)12(15(19)20)7-11(14)10(2)9-16(18,3)4/h7-8,10H,5-6,9H2,1-4H3,(H,19,20)/t10-/m0/s1. The number of carboxylic acids is 1. The van der Waals surface area contributed by atoms with E-state index in [9.17, 15) is 9.90 Å². The molecule has 3 nitrogen and oxygen atoms in total. The maximum Gasteiger partial charge on any atom is 0.337 e. The highest BCUT2D eigenvalue weighted by molar-refractivity contribution is 6.33. The molecule has 1 aliphatic rings. The summed E-state index contributed by atoms with van der Waals surface area (Å²) in [7, 11) is 0. The van der Waals surface area contributed by atoms with Crippen molar-refractivity contribution in [2.45, 2.75) is 52.0 Å². The monoisotopic (exact) mass is 295 g/mol. The van der Waals surface area contributed by atoms with Crippen molar-refractivity contribution < 1.29 is 9.90 Å². The van der Waals surface area contributed by atoms with Gasteiger partial charge in [0.25, 0.3) is 0 Å². The second kappa shape index (κ2) is 5.28. The molecular weight excluding hydrogens is 274 g/mol. The van der Waals surface area contributed by atoms with E-state index in [1.165, 1.54) is 0 Å². The summed E-state index contributed by atoms with van der Waals surface area (Å²) in [4.78, 5) is 13.6. The normalized spacial score (nSPS) is 20.6. The molecule has 0 radical (unpaired) electrons. The van der Waals surface area contributed by atoms with Gasteiger partial charge in [-0.25, -0.2) is 4.79 Å². The molecule has 1 aromatic rings. The molecule has 0 amide bonds. The van der Waals surface area contributed by atoms with Crippen molar-refractivity contribution in [2.75, 3.05) is 11.4 Å². The lowest BCUT2D eigenvalue weighted by molar-refractivity contribution is 0.0697. The van der Waals surface area contributed by atoms with Crippen LogP contribution in [0.15, 0.2) is 12.1 Å². The largest absolute Gasteiger partial charge is 0.478 e. The minimum absolute atomic E-state index is 0.0660. The van der Waals surface area contributed by atoms with Crippen LogP contribution in [0, 0.1) is 0 Å². The SMILES string of the molecule is CCCN1c2cc(Cl)c(C(=O)O)cc2[C@@H](C)CC1(C)C. The third kappa shape index (κ3) is 2.51. The zero-order valence-electron chi connectivity index (χ0n) is 12.5. The summed E-state index contributed by atoms with van der Waals surface area (Å²) in [5.74, 6) is -0.625. The molecular formula is C16H22ClNO2. The molecule has 1 heterocycles. The molecule has 20 heavy (non-hydrogen) atoms. The number of anilines is 1. The van der Waals surface area contributed by atoms with Gasteiger partial charge in [0.1, 0.15) is 0 Å². The number of nitrogens with zero attached hydrogens (tertiary/aromatic N) is 1. The summed E-state index contributed by atoms with van der Waals surface area (Å²) < 4.78 is 0. The van der Waals surface area contributed by atoms with Gasteiger partial charge in [0.15, 0.2) is 0 Å². The molecule has 1 N–H and O–H groups in total. The molecule has 0 saturated carbocycles. The van der Waals surface area contributed by atoms with Crippen molar-refractivity contribution in [1.82, 2.24) is 0 Å². The van der Waals surface area contributed by atoms with Crippen LogP contribution in [0.2, 0.25) is 5.02 Å². The van der Waals surface area contributed by atoms with Crippen LogP contribution in [0.5, 0.6) is 0 Å². The van der Waals surface area contributed by atoms with Crippen LogP contribution in [-0.2, 0) is 0 Å². The molecule has 0 saturated heterocycles. The highest BCUT2D eigenvalue weighted by Crippen LogP contribution is 2.45. The maximum absolute atomic E-state index is 11.3. The number of halogens is 1. The molecule has 0 unspecified atom stereocenters. The van der Waals surface area contributed by atoms with Crippen LogP contribution >= 0.6 is 11.6 Å². The van der Waals surface area contributed by atoms with Crippen molar-refractivity contribution >= 4 is 23.3 Å². The second-order valence-electron chi connectivity index (χ2n) is 6.27. The third-order valence-corrected chi connectivity index (χ3v) is 4.46. The predicted octanol–water partition coefficient (Wildman–Crippen LogP) is 4.54. The highest BCUT2D eigenvalue weighted by atomic mass is 35.5. The van der Waals surface area contributed by atoms with E-state index < -0.39 is 5.97 Å². The average Bonchev–Trinajstić information content (AvgIpc) is 2.32. The first-order valence-electron chi connectivity index (χ1n) is 7.12. The van der Waals surface area contributed by atoms with Gasteiger partial charge in [0, 0.05) is 17.8 Å². The van der Waals surface area contributed by atoms with Gasteiger partial charge in [0.05, 0.1) is 10.6 Å². The predicted molar refractivity (Wildman–Crippen MR) is 83.2 cm³/mol. The lowest BCUT2D eigenvalue weighted by Crippen LogP contribution is -2.48. The van der Waals surface area contributed by atoms with Gasteiger partial charge in [0.2, 0.25) is 0 Å². The van der Waals surface area contributed by atoms with E-state index in [-0.39, 0.29) is 11.1 Å². The van der Waals surface area contributed by atoms with Gasteiger partial charge in [-0.05, 0) is 50.3 Å². The Morgan fingerprint density at radius 3 is 2.70 bits per heavy atom. The fraction of sp³-hybridized carbons (Fsp3) is 0.562. The number of carbonyl (C=O) groups is 1. The molecule has 1 aromatic carbocycles. The molecule has 0 aromatic heterocycles. The quantitative estimate of drug-likeness (QED) is 0.890. The third-order valence-electron chi connectivity index (χ3n) is 4.15. The van der Waals surface area contributed by atoms with E-state index in [2.05, 4.69) is 32.6 Å². The number of hydrogen-bond acceptors (Lipinski definition) is 2. The molecule has 0 fully saturated rings. The van der Waals surface area contributed by atoms with Crippen molar-refractivity contribution in [1.29, 1.82) is 0 Å². The molecule has 0 bridgehead atoms. The number of rotatable bonds is 3. The van der Waals surface area contributed by atoms with Crippen LogP contribution in [0.1, 0.15) is 62.4 Å². The Bertz CT molecular complexity index is 540. The van der Waals surface area contributed by atoms with E-state index in [1.54, 1.807) is 6.07 Å². The van der Waals surface area contributed by atoms with Gasteiger partial charge in [-0.15, -0.1) is 0 Å². The van der Waals surface area contributed by atoms with Crippen molar-refractivity contribution in [3.63, 3.8) is 0 Å². The van der Waals surface area contributed by atoms with Crippen LogP contribution in [0.3, 0.4) is 0 Å². The number of fused-ring (bicyclic) bond motifs is 1. The molecule has 4 heteroatoms. The second-order valence-corrected chi connectivity index (χ2v) is 6.67. The van der Waals surface area contributed by atoms with Gasteiger partial charge in [-0.2, -0.15) is 0 Å². The Labute approximate surface area is 125 Å². The molecule has 110 valence electrons. The van der Waals surface area contributed by atoms with E-state index in [4.69, 9.17) is 11.6 Å². The summed E-state index contributed by atoms with van der Waals surface area (Å²) >= 11 is 6.15. The Hall–Kier alpha value is -1.22. The Kier molecular flexibility index (Phi) is 4.01. The smallest absolute Gasteiger partial charge is 0.337 e. The summed E-state index contributed by atoms with van der Waals surface area (Å²) in [6.07, 6.45) is 2.07. The lowest BCUT2D eigenvalue weighted by atomic mass is 9.79. The number of hydrogen-bond donors (Lipinski definition) is 1. The molecule has 2 rings (SSSR count). The molecule has 0 spiro atoms. The number of carboxylic acid groups (broad SMARTS) is 1. The topological polar surface area (TPSA) is 40.5 Å². The van der Waals surface area contributed by atoms with Gasteiger partial charge in [-0.1, -0.05) is 25.4 Å². The van der Waals surface area contributed by atoms with Crippen LogP contribution in [0.4, 0.5) is 5.69 Å². The fourth-order valence-electron chi connectivity index (χ4n) is 3.31. The summed E-state index contributed by atoms with van der Waals surface area (Å²) in [6.45, 7) is 9.74. The number of aromatic carboxylic acids is 1. The van der Waals surface area contributed by atoms with E-state index in [0.717, 1.165) is 30.6 Å². The summed E-state index contributed by atoms with van der Waals surface area (Å²) in [5, 5.41) is 9.55. The minimum atomic E-state index is -0.961. The first-order chi connectivity index (χ1) is 9.27. The average molecular weight is 296 g/mol. The molecule has 0 aliphatic carbocycles. The first-order valence-corrected chi connectivity index (χ1v) is 7.50. The first kappa shape index (κ1) is 15.2. The van der Waals surface area contributed by atoms with Crippen LogP contribution < -0.4 is 4.90 Å². The van der Waals surface area contributed by atoms with Crippen LogP contribution in [-0.4, -0.2) is 23.2 Å². The number of benzene rings is 1. The van der Waals surface area contributed by atoms with Crippen molar-refractivity contribution in [3.8, 4) is 0 Å². The lowest BCUT2D eigenvalue weighted by Gasteiger charge is -2.47. The Morgan fingerprint density at radius 1 is 1.50 bits per heavy atom. The van der Waals surface area contributed by atoms with E-state index in [1.807, 2.05) is 6.07 Å². The zero-order chi connectivity index (χ0) is 15.1. The van der Waals surface area contributed by atoms with Crippen LogP contribution in [0.25, 0.3) is 0 Å². The zero-order valence-corrected chi connectivity index (χ0v) is 13.3. The van der Waals surface area contributed by atoms with Gasteiger partial charge >= 0.3 is 5.97 Å². The fourth-order valence-corrected chi connectivity index (χ4v) is 3.55. The molecule has 1 aliphatic heterocycles. The van der Waals surface area contributed by atoms with Gasteiger partial charge in [-0.3, -0.25) is 0 Å². The minimum Gasteiger partial charge on any atom is -0.478 e. The maximum atomic E-state index is 11.3.